The van der Waals surface area contributed by atoms with Crippen LogP contribution in [0.4, 0.5) is 0 Å². The summed E-state index contributed by atoms with van der Waals surface area (Å²) < 4.78 is 0. The molecule has 0 aromatic heterocycles. The van der Waals surface area contributed by atoms with Crippen LogP contribution in [0.2, 0.25) is 5.02 Å². The summed E-state index contributed by atoms with van der Waals surface area (Å²) in [5.41, 5.74) is 6.02. The summed E-state index contributed by atoms with van der Waals surface area (Å²) in [7, 11) is 0. The minimum Gasteiger partial charge on any atom is -0.267 e. The van der Waals surface area contributed by atoms with Crippen molar-refractivity contribution in [3.63, 3.8) is 0 Å². The zero-order valence-corrected chi connectivity index (χ0v) is 13.7. The second-order valence-electron chi connectivity index (χ2n) is 5.42. The lowest BCUT2D eigenvalue weighted by Crippen LogP contribution is -2.19. The number of hydrazone groups is 1. The van der Waals surface area contributed by atoms with Crippen molar-refractivity contribution in [1.29, 1.82) is 0 Å². The fraction of sp³-hybridized carbons (Fsp3) is 0.222. The van der Waals surface area contributed by atoms with Crippen LogP contribution in [0.25, 0.3) is 0 Å². The number of amides is 1. The summed E-state index contributed by atoms with van der Waals surface area (Å²) in [6, 6.07) is 14.9. The average molecular weight is 315 g/mol. The number of rotatable bonds is 4. The van der Waals surface area contributed by atoms with E-state index in [9.17, 15) is 4.79 Å². The normalized spacial score (nSPS) is 11.6. The molecule has 0 saturated carbocycles. The van der Waals surface area contributed by atoms with E-state index in [0.29, 0.717) is 16.5 Å². The molecule has 4 heteroatoms. The van der Waals surface area contributed by atoms with Gasteiger partial charge in [0.25, 0.3) is 5.91 Å². The van der Waals surface area contributed by atoms with Gasteiger partial charge < -0.3 is 0 Å². The molecule has 2 rings (SSSR count). The predicted molar refractivity (Wildman–Crippen MR) is 91.7 cm³/mol. The van der Waals surface area contributed by atoms with E-state index in [2.05, 4.69) is 24.4 Å². The van der Waals surface area contributed by atoms with Gasteiger partial charge in [-0.2, -0.15) is 5.10 Å². The van der Waals surface area contributed by atoms with Crippen LogP contribution in [0, 0.1) is 0 Å². The molecule has 1 N–H and O–H groups in total. The SMILES string of the molecule is C/C(=N\NC(=O)c1ccc(C(C)C)cc1)c1ccc(Cl)cc1. The third kappa shape index (κ3) is 4.18. The van der Waals surface area contributed by atoms with Gasteiger partial charge in [0.2, 0.25) is 0 Å². The number of benzene rings is 2. The van der Waals surface area contributed by atoms with Crippen LogP contribution in [0.3, 0.4) is 0 Å². The summed E-state index contributed by atoms with van der Waals surface area (Å²) in [4.78, 5) is 12.1. The first-order chi connectivity index (χ1) is 10.5. The molecule has 114 valence electrons. The Balaban J connectivity index is 2.05. The third-order valence-electron chi connectivity index (χ3n) is 3.43. The second-order valence-corrected chi connectivity index (χ2v) is 5.86. The van der Waals surface area contributed by atoms with Gasteiger partial charge in [-0.05, 0) is 48.2 Å². The molecule has 22 heavy (non-hydrogen) atoms. The van der Waals surface area contributed by atoms with Gasteiger partial charge in [-0.1, -0.05) is 49.7 Å². The molecule has 0 aliphatic rings. The first-order valence-electron chi connectivity index (χ1n) is 7.18. The molecule has 3 nitrogen and oxygen atoms in total. The average Bonchev–Trinajstić information content (AvgIpc) is 2.53. The standard InChI is InChI=1S/C18H19ClN2O/c1-12(2)14-4-6-16(7-5-14)18(22)21-20-13(3)15-8-10-17(19)11-9-15/h4-12H,1-3H3,(H,21,22)/b20-13+. The molecule has 1 amide bonds. The van der Waals surface area contributed by atoms with Gasteiger partial charge in [0.15, 0.2) is 0 Å². The Kier molecular flexibility index (Phi) is 5.34. The molecule has 0 fully saturated rings. The fourth-order valence-electron chi connectivity index (χ4n) is 1.97. The number of nitrogens with zero attached hydrogens (tertiary/aromatic N) is 1. The number of nitrogens with one attached hydrogen (secondary N) is 1. The molecular weight excluding hydrogens is 296 g/mol. The summed E-state index contributed by atoms with van der Waals surface area (Å²) in [5, 5.41) is 4.80. The summed E-state index contributed by atoms with van der Waals surface area (Å²) in [6.07, 6.45) is 0. The van der Waals surface area contributed by atoms with Crippen molar-refractivity contribution in [2.75, 3.05) is 0 Å². The van der Waals surface area contributed by atoms with Gasteiger partial charge >= 0.3 is 0 Å². The number of hydrogen-bond donors (Lipinski definition) is 1. The van der Waals surface area contributed by atoms with Crippen molar-refractivity contribution in [2.45, 2.75) is 26.7 Å². The predicted octanol–water partition coefficient (Wildman–Crippen LogP) is 4.62. The Morgan fingerprint density at radius 2 is 1.55 bits per heavy atom. The Morgan fingerprint density at radius 3 is 2.09 bits per heavy atom. The molecule has 0 saturated heterocycles. The van der Waals surface area contributed by atoms with Crippen molar-refractivity contribution in [1.82, 2.24) is 5.43 Å². The molecule has 0 aliphatic heterocycles. The third-order valence-corrected chi connectivity index (χ3v) is 3.68. The summed E-state index contributed by atoms with van der Waals surface area (Å²) in [5.74, 6) is 0.228. The number of carbonyl (C=O) groups excluding carboxylic acids is 1. The molecule has 0 spiro atoms. The number of halogens is 1. The topological polar surface area (TPSA) is 41.5 Å². The van der Waals surface area contributed by atoms with Crippen LogP contribution >= 0.6 is 11.6 Å². The molecule has 0 radical (unpaired) electrons. The van der Waals surface area contributed by atoms with E-state index in [1.165, 1.54) is 5.56 Å². The maximum atomic E-state index is 12.1. The Hall–Kier alpha value is -2.13. The monoisotopic (exact) mass is 314 g/mol. The quantitative estimate of drug-likeness (QED) is 0.649. The number of carbonyl (C=O) groups is 1. The second kappa shape index (κ2) is 7.23. The van der Waals surface area contributed by atoms with Crippen molar-refractivity contribution < 1.29 is 4.79 Å². The van der Waals surface area contributed by atoms with E-state index in [4.69, 9.17) is 11.6 Å². The van der Waals surface area contributed by atoms with E-state index in [0.717, 1.165) is 11.3 Å². The van der Waals surface area contributed by atoms with Gasteiger partial charge in [-0.25, -0.2) is 5.43 Å². The lowest BCUT2D eigenvalue weighted by Gasteiger charge is -2.06. The van der Waals surface area contributed by atoms with E-state index in [1.807, 2.05) is 43.3 Å². The van der Waals surface area contributed by atoms with Crippen LogP contribution in [0.5, 0.6) is 0 Å². The fourth-order valence-corrected chi connectivity index (χ4v) is 2.10. The van der Waals surface area contributed by atoms with Gasteiger partial charge in [0.1, 0.15) is 0 Å². The molecule has 0 bridgehead atoms. The van der Waals surface area contributed by atoms with Crippen molar-refractivity contribution >= 4 is 23.2 Å². The highest BCUT2D eigenvalue weighted by molar-refractivity contribution is 6.30. The molecular formula is C18H19ClN2O. The van der Waals surface area contributed by atoms with E-state index < -0.39 is 0 Å². The van der Waals surface area contributed by atoms with E-state index in [1.54, 1.807) is 12.1 Å². The zero-order chi connectivity index (χ0) is 16.1. The zero-order valence-electron chi connectivity index (χ0n) is 12.9. The Morgan fingerprint density at radius 1 is 1.00 bits per heavy atom. The molecule has 0 atom stereocenters. The first kappa shape index (κ1) is 16.2. The van der Waals surface area contributed by atoms with Crippen LogP contribution in [0.1, 0.15) is 48.2 Å². The van der Waals surface area contributed by atoms with Gasteiger partial charge in [0, 0.05) is 10.6 Å². The molecule has 0 heterocycles. The molecule has 0 aliphatic carbocycles. The van der Waals surface area contributed by atoms with Crippen LogP contribution in [0.15, 0.2) is 53.6 Å². The number of hydrogen-bond acceptors (Lipinski definition) is 2. The lowest BCUT2D eigenvalue weighted by molar-refractivity contribution is 0.0955. The minimum atomic E-state index is -0.219. The minimum absolute atomic E-state index is 0.219. The smallest absolute Gasteiger partial charge is 0.267 e. The van der Waals surface area contributed by atoms with Crippen LogP contribution in [-0.2, 0) is 0 Å². The Labute approximate surface area is 136 Å². The van der Waals surface area contributed by atoms with E-state index in [-0.39, 0.29) is 5.91 Å². The lowest BCUT2D eigenvalue weighted by atomic mass is 10.0. The highest BCUT2D eigenvalue weighted by Gasteiger charge is 2.06. The maximum Gasteiger partial charge on any atom is 0.271 e. The Bertz CT molecular complexity index is 673. The van der Waals surface area contributed by atoms with Crippen LogP contribution in [-0.4, -0.2) is 11.6 Å². The van der Waals surface area contributed by atoms with E-state index >= 15 is 0 Å². The van der Waals surface area contributed by atoms with Crippen LogP contribution < -0.4 is 5.43 Å². The van der Waals surface area contributed by atoms with Crippen molar-refractivity contribution in [3.8, 4) is 0 Å². The van der Waals surface area contributed by atoms with Crippen molar-refractivity contribution in [3.05, 3.63) is 70.2 Å². The van der Waals surface area contributed by atoms with Gasteiger partial charge in [-0.3, -0.25) is 4.79 Å². The van der Waals surface area contributed by atoms with Crippen molar-refractivity contribution in [2.24, 2.45) is 5.10 Å². The maximum absolute atomic E-state index is 12.1. The largest absolute Gasteiger partial charge is 0.271 e. The molecule has 2 aromatic rings. The first-order valence-corrected chi connectivity index (χ1v) is 7.55. The summed E-state index contributed by atoms with van der Waals surface area (Å²) >= 11 is 5.85. The van der Waals surface area contributed by atoms with Gasteiger partial charge in [-0.15, -0.1) is 0 Å². The highest BCUT2D eigenvalue weighted by Crippen LogP contribution is 2.14. The van der Waals surface area contributed by atoms with Gasteiger partial charge in [0.05, 0.1) is 5.71 Å². The highest BCUT2D eigenvalue weighted by atomic mass is 35.5. The summed E-state index contributed by atoms with van der Waals surface area (Å²) in [6.45, 7) is 6.08. The molecule has 0 unspecified atom stereocenters. The molecule has 2 aromatic carbocycles.